The van der Waals surface area contributed by atoms with Crippen molar-refractivity contribution in [3.63, 3.8) is 0 Å². The van der Waals surface area contributed by atoms with E-state index in [1.165, 1.54) is 0 Å². The molecule has 106 valence electrons. The van der Waals surface area contributed by atoms with Gasteiger partial charge in [-0.05, 0) is 44.5 Å². The van der Waals surface area contributed by atoms with Crippen molar-refractivity contribution in [3.05, 3.63) is 23.8 Å². The number of anilines is 1. The summed E-state index contributed by atoms with van der Waals surface area (Å²) in [6.07, 6.45) is -0.334. The normalized spacial score (nSPS) is 11.2. The Labute approximate surface area is 130 Å². The van der Waals surface area contributed by atoms with Gasteiger partial charge in [0, 0.05) is 45.4 Å². The second kappa shape index (κ2) is 6.69. The zero-order chi connectivity index (χ0) is 14.6. The van der Waals surface area contributed by atoms with Gasteiger partial charge in [-0.15, -0.1) is 0 Å². The summed E-state index contributed by atoms with van der Waals surface area (Å²) in [6, 6.07) is 5.71. The summed E-state index contributed by atoms with van der Waals surface area (Å²) in [5.41, 5.74) is 7.02. The van der Waals surface area contributed by atoms with Crippen LogP contribution in [0.15, 0.2) is 23.1 Å². The molecule has 4 nitrogen and oxygen atoms in total. The van der Waals surface area contributed by atoms with E-state index in [4.69, 9.17) is 10.5 Å². The van der Waals surface area contributed by atoms with Crippen molar-refractivity contribution in [1.29, 1.82) is 0 Å². The SMILES string of the molecule is CN(Cc1cc(N)ccc1SI)C(=O)OC(C)(C)C. The lowest BCUT2D eigenvalue weighted by Gasteiger charge is -2.25. The maximum atomic E-state index is 11.9. The van der Waals surface area contributed by atoms with E-state index in [0.29, 0.717) is 12.2 Å². The largest absolute Gasteiger partial charge is 0.444 e. The summed E-state index contributed by atoms with van der Waals surface area (Å²) in [5.74, 6) is 0. The lowest BCUT2D eigenvalue weighted by atomic mass is 10.2. The molecule has 1 aromatic rings. The van der Waals surface area contributed by atoms with Gasteiger partial charge >= 0.3 is 6.09 Å². The number of carbonyl (C=O) groups is 1. The Morgan fingerprint density at radius 2 is 2.11 bits per heavy atom. The Morgan fingerprint density at radius 3 is 2.63 bits per heavy atom. The van der Waals surface area contributed by atoms with Crippen molar-refractivity contribution < 1.29 is 9.53 Å². The van der Waals surface area contributed by atoms with Gasteiger partial charge in [0.15, 0.2) is 0 Å². The molecule has 0 saturated heterocycles. The maximum Gasteiger partial charge on any atom is 0.410 e. The zero-order valence-electron chi connectivity index (χ0n) is 11.6. The van der Waals surface area contributed by atoms with Gasteiger partial charge in [0.25, 0.3) is 0 Å². The Morgan fingerprint density at radius 1 is 1.47 bits per heavy atom. The van der Waals surface area contributed by atoms with Crippen LogP contribution in [0.2, 0.25) is 0 Å². The molecule has 0 aliphatic carbocycles. The first-order valence-corrected chi connectivity index (χ1v) is 9.20. The molecule has 1 rings (SSSR count). The average molecular weight is 394 g/mol. The molecule has 0 radical (unpaired) electrons. The number of halogens is 1. The molecule has 19 heavy (non-hydrogen) atoms. The van der Waals surface area contributed by atoms with E-state index in [1.54, 1.807) is 20.9 Å². The minimum absolute atomic E-state index is 0.334. The number of rotatable bonds is 3. The highest BCUT2D eigenvalue weighted by Gasteiger charge is 2.20. The summed E-state index contributed by atoms with van der Waals surface area (Å²) in [6.45, 7) is 6.04. The first kappa shape index (κ1) is 16.4. The monoisotopic (exact) mass is 394 g/mol. The van der Waals surface area contributed by atoms with Crippen molar-refractivity contribution in [2.45, 2.75) is 37.8 Å². The molecule has 0 aliphatic rings. The van der Waals surface area contributed by atoms with Crippen LogP contribution < -0.4 is 5.73 Å². The van der Waals surface area contributed by atoms with Crippen molar-refractivity contribution in [2.75, 3.05) is 12.8 Å². The van der Waals surface area contributed by atoms with E-state index in [1.807, 2.05) is 39.0 Å². The quantitative estimate of drug-likeness (QED) is 0.620. The summed E-state index contributed by atoms with van der Waals surface area (Å²) in [4.78, 5) is 14.6. The third-order valence-corrected chi connectivity index (χ3v) is 4.27. The van der Waals surface area contributed by atoms with Crippen LogP contribution in [0.3, 0.4) is 0 Å². The molecule has 6 heteroatoms. The second-order valence-electron chi connectivity index (χ2n) is 5.28. The van der Waals surface area contributed by atoms with Crippen LogP contribution in [0.4, 0.5) is 10.5 Å². The van der Waals surface area contributed by atoms with E-state index in [9.17, 15) is 4.79 Å². The first-order chi connectivity index (χ1) is 8.73. The molecule has 0 atom stereocenters. The fourth-order valence-corrected chi connectivity index (χ4v) is 3.09. The Bertz CT molecular complexity index is 460. The smallest absolute Gasteiger partial charge is 0.410 e. The van der Waals surface area contributed by atoms with Gasteiger partial charge < -0.3 is 15.4 Å². The highest BCUT2D eigenvalue weighted by molar-refractivity contribution is 14.2. The molecule has 2 N–H and O–H groups in total. The summed E-state index contributed by atoms with van der Waals surface area (Å²) in [7, 11) is 3.33. The van der Waals surface area contributed by atoms with Gasteiger partial charge in [-0.3, -0.25) is 0 Å². The Kier molecular flexibility index (Phi) is 5.79. The van der Waals surface area contributed by atoms with E-state index >= 15 is 0 Å². The molecule has 0 bridgehead atoms. The Hall–Kier alpha value is -0.630. The third-order valence-electron chi connectivity index (χ3n) is 2.28. The number of amides is 1. The summed E-state index contributed by atoms with van der Waals surface area (Å²) in [5, 5.41) is 0. The molecule has 0 aliphatic heterocycles. The molecule has 0 unspecified atom stereocenters. The fraction of sp³-hybridized carbons (Fsp3) is 0.462. The van der Waals surface area contributed by atoms with Crippen molar-refractivity contribution in [3.8, 4) is 0 Å². The number of hydrogen-bond donors (Lipinski definition) is 1. The van der Waals surface area contributed by atoms with Crippen LogP contribution in [0, 0.1) is 0 Å². The predicted molar refractivity (Wildman–Crippen MR) is 88.4 cm³/mol. The standard InChI is InChI=1S/C13H19IN2O2S/c1-13(2,3)18-12(17)16(4)8-9-7-10(15)5-6-11(9)19-14/h5-7H,8,15H2,1-4H3. The number of nitrogens with two attached hydrogens (primary N) is 1. The van der Waals surface area contributed by atoms with Gasteiger partial charge in [0.05, 0.1) is 0 Å². The van der Waals surface area contributed by atoms with Crippen molar-refractivity contribution in [2.24, 2.45) is 0 Å². The minimum Gasteiger partial charge on any atom is -0.444 e. The molecule has 0 heterocycles. The number of carbonyl (C=O) groups excluding carboxylic acids is 1. The van der Waals surface area contributed by atoms with Crippen molar-refractivity contribution in [1.82, 2.24) is 4.90 Å². The maximum absolute atomic E-state index is 11.9. The minimum atomic E-state index is -0.484. The average Bonchev–Trinajstić information content (AvgIpc) is 2.27. The molecule has 0 saturated carbocycles. The van der Waals surface area contributed by atoms with Crippen LogP contribution in [0.25, 0.3) is 0 Å². The number of benzene rings is 1. The fourth-order valence-electron chi connectivity index (χ4n) is 1.46. The molecule has 0 spiro atoms. The highest BCUT2D eigenvalue weighted by Crippen LogP contribution is 2.30. The van der Waals surface area contributed by atoms with E-state index in [2.05, 4.69) is 21.2 Å². The summed E-state index contributed by atoms with van der Waals surface area (Å²) >= 11 is 2.22. The number of nitrogens with zero attached hydrogens (tertiary/aromatic N) is 1. The van der Waals surface area contributed by atoms with Crippen LogP contribution in [-0.2, 0) is 11.3 Å². The molecular formula is C13H19IN2O2S. The molecule has 1 amide bonds. The van der Waals surface area contributed by atoms with Gasteiger partial charge in [-0.25, -0.2) is 4.79 Å². The number of nitrogen functional groups attached to an aromatic ring is 1. The molecular weight excluding hydrogens is 375 g/mol. The van der Waals surface area contributed by atoms with Crippen molar-refractivity contribution >= 4 is 41.9 Å². The lowest BCUT2D eigenvalue weighted by Crippen LogP contribution is -2.33. The van der Waals surface area contributed by atoms with Crippen LogP contribution in [-0.4, -0.2) is 23.6 Å². The number of ether oxygens (including phenoxy) is 1. The van der Waals surface area contributed by atoms with Gasteiger partial charge in [-0.2, -0.15) is 0 Å². The van der Waals surface area contributed by atoms with E-state index < -0.39 is 5.60 Å². The number of hydrogen-bond acceptors (Lipinski definition) is 4. The lowest BCUT2D eigenvalue weighted by molar-refractivity contribution is 0.0284. The van der Waals surface area contributed by atoms with Crippen LogP contribution in [0.1, 0.15) is 26.3 Å². The molecule has 0 aromatic heterocycles. The van der Waals surface area contributed by atoms with Gasteiger partial charge in [0.2, 0.25) is 0 Å². The Balaban J connectivity index is 2.79. The van der Waals surface area contributed by atoms with E-state index in [0.717, 1.165) is 10.5 Å². The zero-order valence-corrected chi connectivity index (χ0v) is 14.5. The molecule has 0 fully saturated rings. The van der Waals surface area contributed by atoms with Crippen LogP contribution >= 0.6 is 30.1 Å². The highest BCUT2D eigenvalue weighted by atomic mass is 127. The predicted octanol–water partition coefficient (Wildman–Crippen LogP) is 4.08. The van der Waals surface area contributed by atoms with Crippen LogP contribution in [0.5, 0.6) is 0 Å². The third kappa shape index (κ3) is 5.48. The summed E-state index contributed by atoms with van der Waals surface area (Å²) < 4.78 is 5.32. The van der Waals surface area contributed by atoms with Gasteiger partial charge in [-0.1, -0.05) is 8.93 Å². The van der Waals surface area contributed by atoms with Gasteiger partial charge in [0.1, 0.15) is 5.60 Å². The molecule has 1 aromatic carbocycles. The van der Waals surface area contributed by atoms with E-state index in [-0.39, 0.29) is 6.09 Å². The topological polar surface area (TPSA) is 55.6 Å². The first-order valence-electron chi connectivity index (χ1n) is 5.84. The second-order valence-corrected chi connectivity index (χ2v) is 7.20.